The normalized spacial score (nSPS) is 26.2. The Bertz CT molecular complexity index is 912. The molecule has 0 aromatic carbocycles. The van der Waals surface area contributed by atoms with Crippen LogP contribution in [0, 0.1) is 0 Å². The Morgan fingerprint density at radius 1 is 1.33 bits per heavy atom. The molecule has 4 N–H and O–H groups in total. The largest absolute Gasteiger partial charge is 0.477 e. The highest BCUT2D eigenvalue weighted by molar-refractivity contribution is 7.88. The molecule has 11 nitrogen and oxygen atoms in total. The summed E-state index contributed by atoms with van der Waals surface area (Å²) in [6, 6.07) is -0.226. The van der Waals surface area contributed by atoms with E-state index in [1.165, 1.54) is 16.8 Å². The van der Waals surface area contributed by atoms with Crippen LogP contribution in [-0.2, 0) is 14.8 Å². The van der Waals surface area contributed by atoms with Crippen molar-refractivity contribution in [1.29, 1.82) is 0 Å². The number of aliphatic imine (C=N–C) groups is 1. The summed E-state index contributed by atoms with van der Waals surface area (Å²) in [4.78, 5) is 23.5. The third-order valence-corrected chi connectivity index (χ3v) is 6.88. The van der Waals surface area contributed by atoms with Gasteiger partial charge in [-0.1, -0.05) is 0 Å². The number of rotatable bonds is 7. The number of anilines is 2. The lowest BCUT2D eigenvalue weighted by molar-refractivity contribution is -0.128. The van der Waals surface area contributed by atoms with Gasteiger partial charge in [-0.3, -0.25) is 0 Å². The lowest BCUT2D eigenvalue weighted by atomic mass is 10.0. The van der Waals surface area contributed by atoms with E-state index in [0.29, 0.717) is 44.1 Å². The smallest absolute Gasteiger partial charge is 0.346 e. The van der Waals surface area contributed by atoms with Gasteiger partial charge in [-0.15, -0.1) is 0 Å². The number of aliphatic carboxylic acids is 1. The molecule has 2 fully saturated rings. The van der Waals surface area contributed by atoms with E-state index in [9.17, 15) is 18.3 Å². The second-order valence-corrected chi connectivity index (χ2v) is 10.0. The van der Waals surface area contributed by atoms with E-state index in [4.69, 9.17) is 5.11 Å². The average Bonchev–Trinajstić information content (AvgIpc) is 2.99. The number of hydrogen-bond donors (Lipinski definition) is 4. The number of carbonyl (C=O) groups is 1. The van der Waals surface area contributed by atoms with Gasteiger partial charge in [-0.25, -0.2) is 27.5 Å². The van der Waals surface area contributed by atoms with Crippen molar-refractivity contribution in [2.45, 2.75) is 56.7 Å². The maximum absolute atomic E-state index is 11.7. The Morgan fingerprint density at radius 3 is 2.60 bits per heavy atom. The number of aromatic nitrogens is 2. The van der Waals surface area contributed by atoms with Crippen LogP contribution in [0.25, 0.3) is 0 Å². The third-order valence-electron chi connectivity index (χ3n) is 5.58. The first-order valence-electron chi connectivity index (χ1n) is 9.89. The van der Waals surface area contributed by atoms with Crippen LogP contribution in [0.15, 0.2) is 11.2 Å². The van der Waals surface area contributed by atoms with Crippen LogP contribution in [0.2, 0.25) is 0 Å². The van der Waals surface area contributed by atoms with Gasteiger partial charge in [0.15, 0.2) is 5.82 Å². The van der Waals surface area contributed by atoms with Gasteiger partial charge in [-0.2, -0.15) is 4.98 Å². The number of hydrogen-bond acceptors (Lipinski definition) is 9. The highest BCUT2D eigenvalue weighted by atomic mass is 32.2. The quantitative estimate of drug-likeness (QED) is 0.450. The Labute approximate surface area is 175 Å². The number of carboxylic acid groups (broad SMARTS) is 1. The molecule has 0 spiro atoms. The molecule has 1 aromatic heterocycles. The summed E-state index contributed by atoms with van der Waals surface area (Å²) in [5.41, 5.74) is -0.636. The maximum atomic E-state index is 11.7. The molecule has 3 rings (SSSR count). The fraction of sp³-hybridized carbons (Fsp3) is 0.667. The minimum atomic E-state index is -3.20. The summed E-state index contributed by atoms with van der Waals surface area (Å²) in [6.45, 7) is 2.61. The molecule has 0 radical (unpaired) electrons. The minimum Gasteiger partial charge on any atom is -0.477 e. The molecular weight excluding hydrogens is 412 g/mol. The minimum absolute atomic E-state index is 0.0128. The zero-order chi connectivity index (χ0) is 21.9. The first kappa shape index (κ1) is 22.4. The molecule has 0 unspecified atom stereocenters. The van der Waals surface area contributed by atoms with Crippen LogP contribution in [0.5, 0.6) is 0 Å². The molecule has 0 amide bonds. The monoisotopic (exact) mass is 440 g/mol. The molecule has 1 saturated carbocycles. The Hall–Kier alpha value is -2.31. The van der Waals surface area contributed by atoms with Crippen molar-refractivity contribution in [3.05, 3.63) is 6.20 Å². The Kier molecular flexibility index (Phi) is 6.58. The number of nitrogens with one attached hydrogen (secondary N) is 2. The fourth-order valence-electron chi connectivity index (χ4n) is 3.83. The Balaban J connectivity index is 1.75. The maximum Gasteiger partial charge on any atom is 0.346 e. The van der Waals surface area contributed by atoms with Gasteiger partial charge in [0.2, 0.25) is 16.0 Å². The van der Waals surface area contributed by atoms with Crippen molar-refractivity contribution >= 4 is 39.7 Å². The highest BCUT2D eigenvalue weighted by Gasteiger charge is 2.37. The Morgan fingerprint density at radius 2 is 2.03 bits per heavy atom. The van der Waals surface area contributed by atoms with Gasteiger partial charge in [0.05, 0.1) is 24.1 Å². The fourth-order valence-corrected chi connectivity index (χ4v) is 4.70. The molecule has 2 heterocycles. The summed E-state index contributed by atoms with van der Waals surface area (Å²) >= 11 is 0. The van der Waals surface area contributed by atoms with Crippen molar-refractivity contribution in [2.24, 2.45) is 4.99 Å². The second-order valence-electron chi connectivity index (χ2n) is 8.05. The van der Waals surface area contributed by atoms with Gasteiger partial charge in [-0.05, 0) is 39.0 Å². The topological polar surface area (TPSA) is 157 Å². The summed E-state index contributed by atoms with van der Waals surface area (Å²) in [6.07, 6.45) is 6.92. The van der Waals surface area contributed by atoms with E-state index < -0.39 is 21.6 Å². The lowest BCUT2D eigenvalue weighted by Crippen LogP contribution is -2.42. The van der Waals surface area contributed by atoms with Gasteiger partial charge < -0.3 is 20.8 Å². The van der Waals surface area contributed by atoms with E-state index in [2.05, 4.69) is 25.6 Å². The predicted molar refractivity (Wildman–Crippen MR) is 113 cm³/mol. The van der Waals surface area contributed by atoms with Crippen LogP contribution in [0.4, 0.5) is 17.5 Å². The van der Waals surface area contributed by atoms with E-state index in [1.807, 2.05) is 0 Å². The summed E-state index contributed by atoms with van der Waals surface area (Å²) in [7, 11) is -3.20. The molecule has 1 aliphatic carbocycles. The van der Waals surface area contributed by atoms with Crippen LogP contribution < -0.4 is 10.6 Å². The van der Waals surface area contributed by atoms with Crippen molar-refractivity contribution in [3.8, 4) is 0 Å². The van der Waals surface area contributed by atoms with Crippen LogP contribution in [0.1, 0.15) is 39.0 Å². The molecule has 2 atom stereocenters. The first-order chi connectivity index (χ1) is 14.0. The van der Waals surface area contributed by atoms with E-state index in [-0.39, 0.29) is 17.8 Å². The SMILES string of the molecule is C[C@@]1(O)CCC[C@H]1Nc1nc(NC2CCN(S(C)(=O)=O)CC2)ncc1N=CC(=O)O. The molecule has 1 saturated heterocycles. The van der Waals surface area contributed by atoms with Crippen LogP contribution in [-0.4, -0.2) is 82.1 Å². The number of piperidine rings is 1. The average molecular weight is 441 g/mol. The molecular formula is C18H28N6O5S. The number of sulfonamides is 1. The molecule has 12 heteroatoms. The van der Waals surface area contributed by atoms with Crippen molar-refractivity contribution in [1.82, 2.24) is 14.3 Å². The van der Waals surface area contributed by atoms with Gasteiger partial charge in [0.1, 0.15) is 11.9 Å². The summed E-state index contributed by atoms with van der Waals surface area (Å²) in [5.74, 6) is -0.512. The lowest BCUT2D eigenvalue weighted by Gasteiger charge is -2.31. The third kappa shape index (κ3) is 5.64. The number of nitrogens with zero attached hydrogens (tertiary/aromatic N) is 4. The highest BCUT2D eigenvalue weighted by Crippen LogP contribution is 2.34. The molecule has 166 valence electrons. The predicted octanol–water partition coefficient (Wildman–Crippen LogP) is 0.815. The molecule has 0 bridgehead atoms. The van der Waals surface area contributed by atoms with Crippen LogP contribution in [0.3, 0.4) is 0 Å². The van der Waals surface area contributed by atoms with Gasteiger partial charge >= 0.3 is 5.97 Å². The number of aliphatic hydroxyl groups is 1. The number of carboxylic acids is 1. The standard InChI is InChI=1S/C18H28N6O5S/c1-18(27)7-3-4-14(18)22-16-13(19-11-15(25)26)10-20-17(23-16)21-12-5-8-24(9-6-12)30(2,28)29/h10-12,14,27H,3-9H2,1-2H3,(H,25,26)(H2,20,21,22,23)/t14-,18-/m1/s1. The van der Waals surface area contributed by atoms with E-state index in [0.717, 1.165) is 19.1 Å². The van der Waals surface area contributed by atoms with Crippen molar-refractivity contribution in [3.63, 3.8) is 0 Å². The summed E-state index contributed by atoms with van der Waals surface area (Å²) < 4.78 is 24.8. The second kappa shape index (κ2) is 8.82. The molecule has 30 heavy (non-hydrogen) atoms. The van der Waals surface area contributed by atoms with Crippen molar-refractivity contribution < 1.29 is 23.4 Å². The molecule has 1 aromatic rings. The van der Waals surface area contributed by atoms with E-state index >= 15 is 0 Å². The van der Waals surface area contributed by atoms with Gasteiger partial charge in [0.25, 0.3) is 0 Å². The van der Waals surface area contributed by atoms with Gasteiger partial charge in [0, 0.05) is 19.1 Å². The van der Waals surface area contributed by atoms with Crippen molar-refractivity contribution in [2.75, 3.05) is 30.0 Å². The molecule has 1 aliphatic heterocycles. The zero-order valence-corrected chi connectivity index (χ0v) is 17.9. The van der Waals surface area contributed by atoms with E-state index in [1.54, 1.807) is 6.92 Å². The molecule has 2 aliphatic rings. The zero-order valence-electron chi connectivity index (χ0n) is 17.1. The summed E-state index contributed by atoms with van der Waals surface area (Å²) in [5, 5.41) is 25.8. The first-order valence-corrected chi connectivity index (χ1v) is 11.7. The van der Waals surface area contributed by atoms with Crippen LogP contribution >= 0.6 is 0 Å².